The molecule has 0 spiro atoms. The molecule has 2 amide bonds. The number of amides is 2. The van der Waals surface area contributed by atoms with Crippen molar-refractivity contribution in [3.8, 4) is 0 Å². The molecule has 0 aromatic heterocycles. The molecule has 1 aliphatic carbocycles. The lowest BCUT2D eigenvalue weighted by molar-refractivity contribution is -0.150. The van der Waals surface area contributed by atoms with Gasteiger partial charge in [-0.15, -0.1) is 0 Å². The SMILES string of the molecule is CCOP(=O)(/C=C/[C@H](CC(=O)O)NC(=O)[C@@H](CC(=O)[C@@H](NC(=O)[C@H](CC(=O)O)CC(=O)OCc1ccccc1)C1Cc2ccccc2C1)C(C)C)OCC. The number of rotatable bonds is 23. The van der Waals surface area contributed by atoms with Gasteiger partial charge in [0.25, 0.3) is 0 Å². The molecule has 54 heavy (non-hydrogen) atoms. The lowest BCUT2D eigenvalue weighted by Gasteiger charge is -2.28. The second-order valence-corrected chi connectivity index (χ2v) is 15.4. The summed E-state index contributed by atoms with van der Waals surface area (Å²) in [6.45, 7) is 6.74. The van der Waals surface area contributed by atoms with Crippen molar-refractivity contribution in [1.82, 2.24) is 10.6 Å². The Bertz CT molecular complexity index is 1660. The number of esters is 1. The number of carbonyl (C=O) groups is 6. The third-order valence-corrected chi connectivity index (χ3v) is 10.8. The first-order valence-electron chi connectivity index (χ1n) is 18.1. The zero-order valence-corrected chi connectivity index (χ0v) is 32.0. The maximum atomic E-state index is 14.2. The van der Waals surface area contributed by atoms with E-state index >= 15 is 0 Å². The lowest BCUT2D eigenvalue weighted by Crippen LogP contribution is -2.50. The molecule has 0 saturated heterocycles. The average Bonchev–Trinajstić information content (AvgIpc) is 3.54. The monoisotopic (exact) mass is 770 g/mol. The van der Waals surface area contributed by atoms with Crippen LogP contribution in [0.4, 0.5) is 0 Å². The summed E-state index contributed by atoms with van der Waals surface area (Å²) in [7, 11) is -3.72. The Morgan fingerprint density at radius 2 is 1.37 bits per heavy atom. The van der Waals surface area contributed by atoms with E-state index in [-0.39, 0.29) is 26.2 Å². The van der Waals surface area contributed by atoms with Crippen molar-refractivity contribution in [2.45, 2.75) is 84.9 Å². The van der Waals surface area contributed by atoms with Crippen LogP contribution in [-0.4, -0.2) is 71.0 Å². The summed E-state index contributed by atoms with van der Waals surface area (Å²) in [6.07, 6.45) is -0.0258. The Labute approximate surface area is 315 Å². The molecule has 0 bridgehead atoms. The minimum absolute atomic E-state index is 0.0638. The number of benzene rings is 2. The molecule has 0 fully saturated rings. The maximum absolute atomic E-state index is 14.2. The number of hydrogen-bond donors (Lipinski definition) is 4. The first-order chi connectivity index (χ1) is 25.6. The summed E-state index contributed by atoms with van der Waals surface area (Å²) in [4.78, 5) is 78.0. The van der Waals surface area contributed by atoms with Gasteiger partial charge in [0, 0.05) is 18.2 Å². The van der Waals surface area contributed by atoms with Gasteiger partial charge in [0.05, 0.1) is 50.5 Å². The summed E-state index contributed by atoms with van der Waals surface area (Å²) < 4.78 is 28.8. The molecule has 0 radical (unpaired) electrons. The van der Waals surface area contributed by atoms with Gasteiger partial charge in [-0.05, 0) is 55.2 Å². The number of fused-ring (bicyclic) bond motifs is 1. The topological polar surface area (TPSA) is 212 Å². The zero-order chi connectivity index (χ0) is 39.8. The van der Waals surface area contributed by atoms with Crippen molar-refractivity contribution in [3.05, 3.63) is 83.2 Å². The Hall–Kier alpha value is -4.65. The molecule has 3 rings (SSSR count). The van der Waals surface area contributed by atoms with E-state index in [9.17, 15) is 43.5 Å². The molecule has 4 atom stereocenters. The van der Waals surface area contributed by atoms with Crippen LogP contribution >= 0.6 is 7.60 Å². The normalized spacial score (nSPS) is 15.2. The highest BCUT2D eigenvalue weighted by atomic mass is 31.2. The predicted molar refractivity (Wildman–Crippen MR) is 198 cm³/mol. The summed E-state index contributed by atoms with van der Waals surface area (Å²) in [6, 6.07) is 14.1. The average molecular weight is 771 g/mol. The molecule has 0 saturated carbocycles. The quantitative estimate of drug-likeness (QED) is 0.0861. The molecule has 2 aromatic rings. The van der Waals surface area contributed by atoms with Gasteiger partial charge in [-0.2, -0.15) is 0 Å². The van der Waals surface area contributed by atoms with Crippen LogP contribution in [0, 0.1) is 23.7 Å². The van der Waals surface area contributed by atoms with Gasteiger partial charge in [-0.1, -0.05) is 74.5 Å². The second-order valence-electron chi connectivity index (χ2n) is 13.5. The molecular weight excluding hydrogens is 719 g/mol. The third kappa shape index (κ3) is 14.0. The molecule has 1 aliphatic rings. The van der Waals surface area contributed by atoms with Crippen LogP contribution in [0.5, 0.6) is 0 Å². The number of carboxylic acid groups (broad SMARTS) is 2. The number of carboxylic acids is 2. The van der Waals surface area contributed by atoms with Crippen LogP contribution in [0.3, 0.4) is 0 Å². The standard InChI is InChI=1S/C39H51N2O12P/c1-5-52-54(50,53-6-2)17-16-31(22-35(45)46)40-39(49)32(25(3)4)23-33(42)37(29-18-27-14-10-11-15-28(27)19-29)41-38(48)30(20-34(43)44)21-36(47)51-24-26-12-8-7-9-13-26/h7-17,25,29-32,37H,5-6,18-24H2,1-4H3,(H,40,49)(H,41,48)(H,43,44)(H,45,46)/b17-16+/t30-,31-,32+,37+/m1/s1. The fraction of sp³-hybridized carbons (Fsp3) is 0.487. The largest absolute Gasteiger partial charge is 0.481 e. The van der Waals surface area contributed by atoms with Gasteiger partial charge in [-0.25, -0.2) is 0 Å². The van der Waals surface area contributed by atoms with Crippen LogP contribution in [0.25, 0.3) is 0 Å². The van der Waals surface area contributed by atoms with Crippen LogP contribution in [0.2, 0.25) is 0 Å². The molecule has 0 unspecified atom stereocenters. The number of aliphatic carboxylic acids is 2. The Morgan fingerprint density at radius 1 is 0.796 bits per heavy atom. The number of hydrogen-bond acceptors (Lipinski definition) is 10. The summed E-state index contributed by atoms with van der Waals surface area (Å²) in [5.41, 5.74) is 2.68. The van der Waals surface area contributed by atoms with Crippen molar-refractivity contribution in [2.24, 2.45) is 23.7 Å². The first-order valence-corrected chi connectivity index (χ1v) is 19.7. The van der Waals surface area contributed by atoms with Gasteiger partial charge in [0.2, 0.25) is 11.8 Å². The molecule has 14 nitrogen and oxygen atoms in total. The van der Waals surface area contributed by atoms with Crippen molar-refractivity contribution in [2.75, 3.05) is 13.2 Å². The summed E-state index contributed by atoms with van der Waals surface area (Å²) >= 11 is 0. The molecule has 4 N–H and O–H groups in total. The molecule has 15 heteroatoms. The highest BCUT2D eigenvalue weighted by Crippen LogP contribution is 2.49. The van der Waals surface area contributed by atoms with Crippen LogP contribution in [-0.2, 0) is 66.6 Å². The zero-order valence-electron chi connectivity index (χ0n) is 31.1. The second kappa shape index (κ2) is 21.3. The van der Waals surface area contributed by atoms with Crippen molar-refractivity contribution in [1.29, 1.82) is 0 Å². The van der Waals surface area contributed by atoms with Gasteiger partial charge < -0.3 is 34.6 Å². The summed E-state index contributed by atoms with van der Waals surface area (Å²) in [5, 5.41) is 24.5. The van der Waals surface area contributed by atoms with E-state index in [2.05, 4.69) is 10.6 Å². The fourth-order valence-corrected chi connectivity index (χ4v) is 7.72. The molecule has 0 aliphatic heterocycles. The van der Waals surface area contributed by atoms with Crippen LogP contribution < -0.4 is 10.6 Å². The molecule has 294 valence electrons. The van der Waals surface area contributed by atoms with Crippen molar-refractivity contribution >= 4 is 43.1 Å². The van der Waals surface area contributed by atoms with Crippen molar-refractivity contribution in [3.63, 3.8) is 0 Å². The lowest BCUT2D eigenvalue weighted by atomic mass is 9.83. The Balaban J connectivity index is 1.84. The maximum Gasteiger partial charge on any atom is 0.353 e. The number of Topliss-reactive ketones (excluding diaryl/α,β-unsaturated/α-hetero) is 1. The van der Waals surface area contributed by atoms with E-state index in [0.29, 0.717) is 18.4 Å². The van der Waals surface area contributed by atoms with Gasteiger partial charge in [0.1, 0.15) is 6.61 Å². The fourth-order valence-electron chi connectivity index (χ4n) is 6.34. The van der Waals surface area contributed by atoms with E-state index in [1.54, 1.807) is 58.0 Å². The number of nitrogens with one attached hydrogen (secondary N) is 2. The molecular formula is C39H51N2O12P. The van der Waals surface area contributed by atoms with E-state index in [1.165, 1.54) is 6.08 Å². The highest BCUT2D eigenvalue weighted by molar-refractivity contribution is 7.57. The van der Waals surface area contributed by atoms with E-state index in [4.69, 9.17) is 13.8 Å². The first kappa shape index (κ1) is 43.8. The van der Waals surface area contributed by atoms with Gasteiger partial charge >= 0.3 is 25.5 Å². The molecule has 0 heterocycles. The van der Waals surface area contributed by atoms with Crippen LogP contribution in [0.1, 0.15) is 70.1 Å². The highest BCUT2D eigenvalue weighted by Gasteiger charge is 2.39. The van der Waals surface area contributed by atoms with Gasteiger partial charge in [-0.3, -0.25) is 33.3 Å². The number of carbonyl (C=O) groups excluding carboxylic acids is 4. The van der Waals surface area contributed by atoms with E-state index in [1.807, 2.05) is 24.3 Å². The van der Waals surface area contributed by atoms with Crippen molar-refractivity contribution < 1.29 is 57.3 Å². The summed E-state index contributed by atoms with van der Waals surface area (Å²) in [5.74, 6) is -7.34. The van der Waals surface area contributed by atoms with Crippen LogP contribution in [0.15, 0.2) is 66.5 Å². The van der Waals surface area contributed by atoms with E-state index in [0.717, 1.165) is 16.9 Å². The predicted octanol–water partition coefficient (Wildman–Crippen LogP) is 5.08. The minimum atomic E-state index is -3.72. The Kier molecular flexibility index (Phi) is 17.3. The molecule has 2 aromatic carbocycles. The number of ketones is 1. The number of ether oxygens (including phenoxy) is 1. The third-order valence-electron chi connectivity index (χ3n) is 9.05. The van der Waals surface area contributed by atoms with E-state index < -0.39 is 98.1 Å². The Morgan fingerprint density at radius 3 is 1.91 bits per heavy atom. The van der Waals surface area contributed by atoms with Gasteiger partial charge in [0.15, 0.2) is 5.78 Å². The smallest absolute Gasteiger partial charge is 0.353 e. The minimum Gasteiger partial charge on any atom is -0.481 e.